The largest absolute Gasteiger partial charge is 0.357 e. The van der Waals surface area contributed by atoms with Gasteiger partial charge in [0.25, 0.3) is 0 Å². The van der Waals surface area contributed by atoms with E-state index in [0.29, 0.717) is 6.54 Å². The lowest BCUT2D eigenvalue weighted by Gasteiger charge is -2.14. The van der Waals surface area contributed by atoms with Crippen molar-refractivity contribution in [2.24, 2.45) is 12.8 Å². The maximum Gasteiger partial charge on any atom is 0.0227 e. The van der Waals surface area contributed by atoms with Gasteiger partial charge in [0, 0.05) is 36.4 Å². The van der Waals surface area contributed by atoms with Crippen LogP contribution < -0.4 is 5.73 Å². The molecule has 0 amide bonds. The zero-order valence-electron chi connectivity index (χ0n) is 9.23. The Hall–Kier alpha value is -1.06. The van der Waals surface area contributed by atoms with E-state index in [-0.39, 0.29) is 5.92 Å². The van der Waals surface area contributed by atoms with E-state index in [1.165, 1.54) is 11.1 Å². The van der Waals surface area contributed by atoms with E-state index in [1.54, 1.807) is 0 Å². The molecule has 0 spiro atoms. The van der Waals surface area contributed by atoms with Crippen LogP contribution in [-0.4, -0.2) is 11.1 Å². The Kier molecular flexibility index (Phi) is 3.46. The highest BCUT2D eigenvalue weighted by Crippen LogP contribution is 2.25. The maximum absolute atomic E-state index is 5.87. The molecule has 0 radical (unpaired) electrons. The first kappa shape index (κ1) is 11.4. The van der Waals surface area contributed by atoms with Crippen molar-refractivity contribution >= 4 is 15.9 Å². The van der Waals surface area contributed by atoms with Crippen LogP contribution in [0.2, 0.25) is 0 Å². The van der Waals surface area contributed by atoms with Gasteiger partial charge in [-0.25, -0.2) is 0 Å². The number of hydrogen-bond donors (Lipinski definition) is 1. The molecule has 16 heavy (non-hydrogen) atoms. The van der Waals surface area contributed by atoms with Crippen molar-refractivity contribution in [3.05, 3.63) is 58.3 Å². The van der Waals surface area contributed by atoms with Gasteiger partial charge in [-0.05, 0) is 29.3 Å². The first-order valence-corrected chi connectivity index (χ1v) is 6.07. The van der Waals surface area contributed by atoms with E-state index in [2.05, 4.69) is 51.1 Å². The lowest BCUT2D eigenvalue weighted by molar-refractivity contribution is 0.811. The van der Waals surface area contributed by atoms with E-state index in [0.717, 1.165) is 4.47 Å². The summed E-state index contributed by atoms with van der Waals surface area (Å²) >= 11 is 3.49. The summed E-state index contributed by atoms with van der Waals surface area (Å²) < 4.78 is 3.15. The van der Waals surface area contributed by atoms with Crippen LogP contribution in [0.15, 0.2) is 47.2 Å². The first-order chi connectivity index (χ1) is 7.70. The number of halogens is 1. The Morgan fingerprint density at radius 1 is 1.31 bits per heavy atom. The first-order valence-electron chi connectivity index (χ1n) is 5.28. The highest BCUT2D eigenvalue weighted by molar-refractivity contribution is 9.10. The second kappa shape index (κ2) is 4.85. The fourth-order valence-electron chi connectivity index (χ4n) is 1.92. The highest BCUT2D eigenvalue weighted by atomic mass is 79.9. The Labute approximate surface area is 104 Å². The summed E-state index contributed by atoms with van der Waals surface area (Å²) in [6.07, 6.45) is 4.18. The zero-order valence-corrected chi connectivity index (χ0v) is 10.8. The molecule has 1 aromatic heterocycles. The van der Waals surface area contributed by atoms with Crippen LogP contribution in [0.5, 0.6) is 0 Å². The average molecular weight is 279 g/mol. The van der Waals surface area contributed by atoms with Gasteiger partial charge >= 0.3 is 0 Å². The van der Waals surface area contributed by atoms with E-state index in [9.17, 15) is 0 Å². The molecule has 3 heteroatoms. The zero-order chi connectivity index (χ0) is 11.5. The van der Waals surface area contributed by atoms with Gasteiger partial charge in [-0.1, -0.05) is 28.1 Å². The fourth-order valence-corrected chi connectivity index (χ4v) is 2.34. The molecule has 0 aliphatic carbocycles. The number of aryl methyl sites for hydroxylation is 1. The summed E-state index contributed by atoms with van der Waals surface area (Å²) in [5.74, 6) is 0.277. The van der Waals surface area contributed by atoms with Gasteiger partial charge in [0.2, 0.25) is 0 Å². The molecule has 0 fully saturated rings. The Bertz CT molecular complexity index is 476. The molecule has 84 valence electrons. The second-order valence-electron chi connectivity index (χ2n) is 3.95. The molecule has 0 saturated heterocycles. The summed E-state index contributed by atoms with van der Waals surface area (Å²) in [4.78, 5) is 0. The summed E-state index contributed by atoms with van der Waals surface area (Å²) in [6, 6.07) is 10.4. The summed E-state index contributed by atoms with van der Waals surface area (Å²) in [5, 5.41) is 0. The number of nitrogens with zero attached hydrogens (tertiary/aromatic N) is 1. The fraction of sp³-hybridized carbons (Fsp3) is 0.231. The van der Waals surface area contributed by atoms with Gasteiger partial charge in [0.15, 0.2) is 0 Å². The Morgan fingerprint density at radius 3 is 2.69 bits per heavy atom. The van der Waals surface area contributed by atoms with Crippen LogP contribution in [-0.2, 0) is 7.05 Å². The smallest absolute Gasteiger partial charge is 0.0227 e. The maximum atomic E-state index is 5.87. The van der Waals surface area contributed by atoms with Crippen LogP contribution in [0.4, 0.5) is 0 Å². The standard InChI is InChI=1S/C13H15BrN2/c1-16-6-5-11(9-16)13(8-15)10-3-2-4-12(14)7-10/h2-7,9,13H,8,15H2,1H3. The third-order valence-corrected chi connectivity index (χ3v) is 3.24. The van der Waals surface area contributed by atoms with Gasteiger partial charge in [0.05, 0.1) is 0 Å². The summed E-state index contributed by atoms with van der Waals surface area (Å²) in [5.41, 5.74) is 8.39. The van der Waals surface area contributed by atoms with Gasteiger partial charge in [-0.3, -0.25) is 0 Å². The number of hydrogen-bond acceptors (Lipinski definition) is 1. The van der Waals surface area contributed by atoms with E-state index < -0.39 is 0 Å². The highest BCUT2D eigenvalue weighted by Gasteiger charge is 2.13. The van der Waals surface area contributed by atoms with Crippen LogP contribution >= 0.6 is 15.9 Å². The molecule has 2 aromatic rings. The number of benzene rings is 1. The van der Waals surface area contributed by atoms with Crippen molar-refractivity contribution in [3.63, 3.8) is 0 Å². The quantitative estimate of drug-likeness (QED) is 0.920. The molecular formula is C13H15BrN2. The van der Waals surface area contributed by atoms with Crippen LogP contribution in [0.1, 0.15) is 17.0 Å². The second-order valence-corrected chi connectivity index (χ2v) is 4.87. The van der Waals surface area contributed by atoms with E-state index >= 15 is 0 Å². The van der Waals surface area contributed by atoms with Crippen molar-refractivity contribution in [2.75, 3.05) is 6.54 Å². The van der Waals surface area contributed by atoms with Gasteiger partial charge in [-0.2, -0.15) is 0 Å². The molecule has 2 N–H and O–H groups in total. The summed E-state index contributed by atoms with van der Waals surface area (Å²) in [6.45, 7) is 0.625. The molecule has 0 aliphatic rings. The Balaban J connectivity index is 2.36. The van der Waals surface area contributed by atoms with Crippen molar-refractivity contribution in [2.45, 2.75) is 5.92 Å². The van der Waals surface area contributed by atoms with Crippen LogP contribution in [0.25, 0.3) is 0 Å². The molecule has 1 unspecified atom stereocenters. The number of aromatic nitrogens is 1. The minimum absolute atomic E-state index is 0.277. The predicted octanol–water partition coefficient (Wildman–Crippen LogP) is 2.88. The SMILES string of the molecule is Cn1ccc(C(CN)c2cccc(Br)c2)c1. The molecule has 1 heterocycles. The normalized spacial score (nSPS) is 12.7. The van der Waals surface area contributed by atoms with Crippen LogP contribution in [0, 0.1) is 0 Å². The molecule has 1 atom stereocenters. The molecular weight excluding hydrogens is 264 g/mol. The molecule has 2 rings (SSSR count). The van der Waals surface area contributed by atoms with Gasteiger partial charge in [0.1, 0.15) is 0 Å². The van der Waals surface area contributed by atoms with Crippen molar-refractivity contribution in [1.29, 1.82) is 0 Å². The monoisotopic (exact) mass is 278 g/mol. The third-order valence-electron chi connectivity index (χ3n) is 2.74. The Morgan fingerprint density at radius 2 is 2.12 bits per heavy atom. The van der Waals surface area contributed by atoms with E-state index in [4.69, 9.17) is 5.73 Å². The number of nitrogens with two attached hydrogens (primary N) is 1. The third kappa shape index (κ3) is 2.36. The molecule has 0 bridgehead atoms. The lowest BCUT2D eigenvalue weighted by Crippen LogP contribution is -2.13. The minimum atomic E-state index is 0.277. The molecule has 1 aromatic carbocycles. The number of rotatable bonds is 3. The van der Waals surface area contributed by atoms with Crippen molar-refractivity contribution < 1.29 is 0 Å². The molecule has 0 aliphatic heterocycles. The van der Waals surface area contributed by atoms with Gasteiger partial charge in [-0.15, -0.1) is 0 Å². The minimum Gasteiger partial charge on any atom is -0.357 e. The van der Waals surface area contributed by atoms with Crippen LogP contribution in [0.3, 0.4) is 0 Å². The van der Waals surface area contributed by atoms with Gasteiger partial charge < -0.3 is 10.3 Å². The molecule has 0 saturated carbocycles. The molecule has 2 nitrogen and oxygen atoms in total. The lowest BCUT2D eigenvalue weighted by atomic mass is 9.93. The average Bonchev–Trinajstić information content (AvgIpc) is 2.66. The predicted molar refractivity (Wildman–Crippen MR) is 70.5 cm³/mol. The van der Waals surface area contributed by atoms with E-state index in [1.807, 2.05) is 19.2 Å². The topological polar surface area (TPSA) is 30.9 Å². The van der Waals surface area contributed by atoms with Crippen molar-refractivity contribution in [3.8, 4) is 0 Å². The van der Waals surface area contributed by atoms with Crippen molar-refractivity contribution in [1.82, 2.24) is 4.57 Å². The summed E-state index contributed by atoms with van der Waals surface area (Å²) in [7, 11) is 2.03.